The molecule has 0 bridgehead atoms. The topological polar surface area (TPSA) is 191 Å². The maximum Gasteiger partial charge on any atom is 0.321 e. The molecule has 4 atom stereocenters. The molecule has 0 saturated carbocycles. The van der Waals surface area contributed by atoms with Crippen LogP contribution in [0.4, 0.5) is 16.2 Å². The van der Waals surface area contributed by atoms with Gasteiger partial charge in [0.15, 0.2) is 0 Å². The van der Waals surface area contributed by atoms with E-state index in [9.17, 15) is 45.4 Å². The second-order valence-electron chi connectivity index (χ2n) is 11.2. The van der Waals surface area contributed by atoms with Crippen molar-refractivity contribution in [2.24, 2.45) is 0 Å². The predicted octanol–water partition coefficient (Wildman–Crippen LogP) is 4.30. The Morgan fingerprint density at radius 1 is 0.587 bits per heavy atom. The zero-order valence-electron chi connectivity index (χ0n) is 24.5. The fraction of sp³-hybridized carbons (Fsp3) is 0.242. The van der Waals surface area contributed by atoms with Crippen LogP contribution in [0.5, 0.6) is 11.5 Å². The van der Waals surface area contributed by atoms with Gasteiger partial charge >= 0.3 is 6.03 Å². The summed E-state index contributed by atoms with van der Waals surface area (Å²) < 4.78 is 0. The highest BCUT2D eigenvalue weighted by molar-refractivity contribution is 5.76. The van der Waals surface area contributed by atoms with Gasteiger partial charge in [0.1, 0.15) is 23.7 Å². The van der Waals surface area contributed by atoms with Crippen LogP contribution in [0, 0.1) is 20.2 Å². The molecule has 2 amide bonds. The summed E-state index contributed by atoms with van der Waals surface area (Å²) in [6.45, 7) is -0.325. The molecule has 46 heavy (non-hydrogen) atoms. The smallest absolute Gasteiger partial charge is 0.321 e. The van der Waals surface area contributed by atoms with Crippen LogP contribution in [-0.4, -0.2) is 70.4 Å². The molecule has 1 unspecified atom stereocenters. The van der Waals surface area contributed by atoms with Crippen molar-refractivity contribution < 1.29 is 35.1 Å². The lowest BCUT2D eigenvalue weighted by molar-refractivity contribution is -0.385. The molecule has 1 aliphatic heterocycles. The molecule has 4 aromatic carbocycles. The van der Waals surface area contributed by atoms with Crippen LogP contribution in [0.2, 0.25) is 0 Å². The summed E-state index contributed by atoms with van der Waals surface area (Å²) in [4.78, 5) is 39.3. The van der Waals surface area contributed by atoms with E-state index in [0.717, 1.165) is 0 Å². The normalized spacial score (nSPS) is 19.9. The second-order valence-corrected chi connectivity index (χ2v) is 11.2. The number of benzene rings is 4. The summed E-state index contributed by atoms with van der Waals surface area (Å²) in [6, 6.07) is 21.2. The first-order valence-electron chi connectivity index (χ1n) is 14.5. The molecule has 1 aliphatic rings. The molecular weight excluding hydrogens is 596 g/mol. The van der Waals surface area contributed by atoms with Gasteiger partial charge in [0, 0.05) is 37.4 Å². The molecule has 4 N–H and O–H groups in total. The Kier molecular flexibility index (Phi) is 9.45. The molecular formula is C33H32N4O9. The van der Waals surface area contributed by atoms with Crippen molar-refractivity contribution in [3.63, 3.8) is 0 Å². The number of hydrogen-bond donors (Lipinski definition) is 4. The fourth-order valence-corrected chi connectivity index (χ4v) is 5.78. The van der Waals surface area contributed by atoms with Gasteiger partial charge in [-0.3, -0.25) is 20.2 Å². The first-order valence-corrected chi connectivity index (χ1v) is 14.5. The average molecular weight is 629 g/mol. The standard InChI is InChI=1S/C33H32N4O9/c38-27-11-7-21(8-12-27)17-29-31(40)32(41)30(18-22-9-13-28(39)14-10-22)35(20-24-4-2-6-26(16-24)37(45)46)33(42)34(29)19-23-3-1-5-25(15-23)36(43)44/h1-16,29-32,38-41H,17-20H2/t29-,30?,31+,32+/m1/s1. The monoisotopic (exact) mass is 628 g/mol. The maximum absolute atomic E-state index is 14.7. The predicted molar refractivity (Wildman–Crippen MR) is 166 cm³/mol. The van der Waals surface area contributed by atoms with Gasteiger partial charge in [-0.1, -0.05) is 48.5 Å². The summed E-state index contributed by atoms with van der Waals surface area (Å²) in [5, 5.41) is 66.2. The quantitative estimate of drug-likeness (QED) is 0.146. The number of nitrogens with zero attached hydrogens (tertiary/aromatic N) is 4. The largest absolute Gasteiger partial charge is 0.508 e. The second kappa shape index (κ2) is 13.6. The number of non-ortho nitro benzene ring substituents is 2. The Morgan fingerprint density at radius 3 is 1.30 bits per heavy atom. The highest BCUT2D eigenvalue weighted by atomic mass is 16.6. The van der Waals surface area contributed by atoms with Crippen molar-refractivity contribution >= 4 is 17.4 Å². The molecule has 13 heteroatoms. The van der Waals surface area contributed by atoms with Crippen molar-refractivity contribution in [3.05, 3.63) is 140 Å². The molecule has 1 fully saturated rings. The SMILES string of the molecule is O=C1N(Cc2cccc([N+](=O)[O-])c2)C(Cc2ccc(O)cc2)[C@H](O)[C@@H](O)[C@@H](Cc2ccc(O)cc2)N1Cc1cccc([N+](=O)[O-])c1. The van der Waals surface area contributed by atoms with Crippen molar-refractivity contribution in [1.82, 2.24) is 9.80 Å². The van der Waals surface area contributed by atoms with Crippen molar-refractivity contribution in [3.8, 4) is 11.5 Å². The van der Waals surface area contributed by atoms with Crippen LogP contribution in [0.15, 0.2) is 97.1 Å². The van der Waals surface area contributed by atoms with Crippen LogP contribution in [0.25, 0.3) is 0 Å². The number of phenols is 2. The van der Waals surface area contributed by atoms with Crippen molar-refractivity contribution in [2.75, 3.05) is 0 Å². The third-order valence-electron chi connectivity index (χ3n) is 8.14. The Balaban J connectivity index is 1.61. The molecule has 0 spiro atoms. The van der Waals surface area contributed by atoms with Gasteiger partial charge in [0.25, 0.3) is 11.4 Å². The molecule has 1 heterocycles. The lowest BCUT2D eigenvalue weighted by Crippen LogP contribution is -2.50. The Morgan fingerprint density at radius 2 is 0.957 bits per heavy atom. The number of urea groups is 1. The summed E-state index contributed by atoms with van der Waals surface area (Å²) >= 11 is 0. The van der Waals surface area contributed by atoms with Crippen LogP contribution < -0.4 is 0 Å². The third-order valence-corrected chi connectivity index (χ3v) is 8.14. The summed E-state index contributed by atoms with van der Waals surface area (Å²) in [6.07, 6.45) is -2.88. The summed E-state index contributed by atoms with van der Waals surface area (Å²) in [7, 11) is 0. The van der Waals surface area contributed by atoms with E-state index >= 15 is 0 Å². The third kappa shape index (κ3) is 7.22. The highest BCUT2D eigenvalue weighted by Crippen LogP contribution is 2.31. The molecule has 238 valence electrons. The summed E-state index contributed by atoms with van der Waals surface area (Å²) in [5.74, 6) is 0.0404. The number of aliphatic hydroxyl groups excluding tert-OH is 2. The molecule has 5 rings (SSSR count). The molecule has 0 aromatic heterocycles. The van der Waals surface area contributed by atoms with Gasteiger partial charge in [-0.25, -0.2) is 4.79 Å². The number of aliphatic hydroxyl groups is 2. The minimum atomic E-state index is -1.51. The van der Waals surface area contributed by atoms with E-state index in [0.29, 0.717) is 22.3 Å². The first-order chi connectivity index (χ1) is 22.0. The number of hydrogen-bond acceptors (Lipinski definition) is 9. The molecule has 0 radical (unpaired) electrons. The van der Waals surface area contributed by atoms with Crippen LogP contribution >= 0.6 is 0 Å². The van der Waals surface area contributed by atoms with Gasteiger partial charge in [-0.15, -0.1) is 0 Å². The van der Waals surface area contributed by atoms with E-state index in [2.05, 4.69) is 0 Å². The molecule has 0 aliphatic carbocycles. The van der Waals surface area contributed by atoms with E-state index in [1.807, 2.05) is 0 Å². The maximum atomic E-state index is 14.7. The number of nitro benzene ring substituents is 2. The van der Waals surface area contributed by atoms with Crippen molar-refractivity contribution in [1.29, 1.82) is 0 Å². The fourth-order valence-electron chi connectivity index (χ4n) is 5.78. The van der Waals surface area contributed by atoms with E-state index in [-0.39, 0.29) is 48.8 Å². The summed E-state index contributed by atoms with van der Waals surface area (Å²) in [5.41, 5.74) is 1.74. The zero-order chi connectivity index (χ0) is 33.0. The van der Waals surface area contributed by atoms with Gasteiger partial charge in [0.05, 0.1) is 21.9 Å². The molecule has 4 aromatic rings. The lowest BCUT2D eigenvalue weighted by Gasteiger charge is -2.35. The van der Waals surface area contributed by atoms with E-state index < -0.39 is 40.2 Å². The number of nitro groups is 2. The van der Waals surface area contributed by atoms with E-state index in [4.69, 9.17) is 0 Å². The van der Waals surface area contributed by atoms with Crippen molar-refractivity contribution in [2.45, 2.75) is 50.2 Å². The zero-order valence-corrected chi connectivity index (χ0v) is 24.5. The van der Waals surface area contributed by atoms with Gasteiger partial charge < -0.3 is 30.2 Å². The number of phenolic OH excluding ortho intramolecular Hbond substituents is 2. The number of rotatable bonds is 10. The lowest BCUT2D eigenvalue weighted by atomic mass is 9.90. The Bertz CT molecular complexity index is 1590. The minimum Gasteiger partial charge on any atom is -0.508 e. The van der Waals surface area contributed by atoms with Crippen LogP contribution in [-0.2, 0) is 25.9 Å². The molecule has 1 saturated heterocycles. The van der Waals surface area contributed by atoms with Crippen LogP contribution in [0.1, 0.15) is 22.3 Å². The number of carbonyl (C=O) groups is 1. The number of carbonyl (C=O) groups excluding carboxylic acids is 1. The van der Waals surface area contributed by atoms with Gasteiger partial charge in [-0.05, 0) is 59.4 Å². The number of aromatic hydroxyl groups is 2. The number of amides is 2. The van der Waals surface area contributed by atoms with E-state index in [1.54, 1.807) is 36.4 Å². The van der Waals surface area contributed by atoms with Gasteiger partial charge in [-0.2, -0.15) is 0 Å². The van der Waals surface area contributed by atoms with Gasteiger partial charge in [0.2, 0.25) is 0 Å². The highest BCUT2D eigenvalue weighted by Gasteiger charge is 2.46. The first kappa shape index (κ1) is 31.9. The van der Waals surface area contributed by atoms with E-state index in [1.165, 1.54) is 70.5 Å². The average Bonchev–Trinajstić information content (AvgIpc) is 3.10. The van der Waals surface area contributed by atoms with Crippen LogP contribution in [0.3, 0.4) is 0 Å². The molecule has 13 nitrogen and oxygen atoms in total. The minimum absolute atomic E-state index is 0.0202. The Hall–Kier alpha value is -5.53. The Labute approximate surface area is 263 Å².